The minimum atomic E-state index is -4.58. The van der Waals surface area contributed by atoms with Gasteiger partial charge in [0.15, 0.2) is 6.61 Å². The third kappa shape index (κ3) is 5.24. The zero-order valence-electron chi connectivity index (χ0n) is 12.6. The minimum Gasteiger partial charge on any atom is -0.482 e. The molecule has 0 aliphatic rings. The van der Waals surface area contributed by atoms with Crippen molar-refractivity contribution in [2.24, 2.45) is 0 Å². The summed E-state index contributed by atoms with van der Waals surface area (Å²) in [6, 6.07) is 6.82. The van der Waals surface area contributed by atoms with Crippen molar-refractivity contribution in [3.05, 3.63) is 62.1 Å². The molecule has 0 spiro atoms. The molecule has 11 heteroatoms. The highest BCUT2D eigenvalue weighted by Gasteiger charge is 2.29. The molecule has 0 heterocycles. The van der Waals surface area contributed by atoms with Crippen molar-refractivity contribution in [2.75, 3.05) is 11.9 Å². The molecular weight excluding hydrogens is 400 g/mol. The van der Waals surface area contributed by atoms with Crippen molar-refractivity contribution in [1.82, 2.24) is 0 Å². The van der Waals surface area contributed by atoms with E-state index < -0.39 is 23.6 Å². The second-order valence-corrected chi connectivity index (χ2v) is 5.76. The average Bonchev–Trinajstić information content (AvgIpc) is 2.53. The number of nitrogens with zero attached hydrogens (tertiary/aromatic N) is 1. The maximum Gasteiger partial charge on any atom is 0.422 e. The highest BCUT2D eigenvalue weighted by atomic mass is 35.5. The van der Waals surface area contributed by atoms with E-state index in [1.54, 1.807) is 0 Å². The summed E-state index contributed by atoms with van der Waals surface area (Å²) in [6.07, 6.45) is -4.58. The number of alkyl halides is 3. The van der Waals surface area contributed by atoms with Gasteiger partial charge >= 0.3 is 6.18 Å². The smallest absolute Gasteiger partial charge is 0.422 e. The fraction of sp³-hybridized carbons (Fsp3) is 0.133. The summed E-state index contributed by atoms with van der Waals surface area (Å²) in [7, 11) is 0. The monoisotopic (exact) mass is 408 g/mol. The van der Waals surface area contributed by atoms with Crippen LogP contribution in [0.2, 0.25) is 10.0 Å². The van der Waals surface area contributed by atoms with E-state index in [9.17, 15) is 28.1 Å². The van der Waals surface area contributed by atoms with Crippen molar-refractivity contribution >= 4 is 40.5 Å². The van der Waals surface area contributed by atoms with Gasteiger partial charge in [0.05, 0.1) is 21.2 Å². The molecule has 26 heavy (non-hydrogen) atoms. The lowest BCUT2D eigenvalue weighted by atomic mass is 10.1. The van der Waals surface area contributed by atoms with Crippen molar-refractivity contribution in [3.63, 3.8) is 0 Å². The van der Waals surface area contributed by atoms with Gasteiger partial charge in [0.25, 0.3) is 11.6 Å². The Morgan fingerprint density at radius 1 is 1.19 bits per heavy atom. The summed E-state index contributed by atoms with van der Waals surface area (Å²) in [6.45, 7) is -1.57. The van der Waals surface area contributed by atoms with E-state index in [1.807, 2.05) is 0 Å². The van der Waals surface area contributed by atoms with Gasteiger partial charge in [-0.15, -0.1) is 0 Å². The molecule has 1 amide bonds. The fourth-order valence-electron chi connectivity index (χ4n) is 1.88. The summed E-state index contributed by atoms with van der Waals surface area (Å²) in [4.78, 5) is 22.4. The number of nitro groups is 1. The number of non-ortho nitro benzene ring substituents is 1. The largest absolute Gasteiger partial charge is 0.482 e. The van der Waals surface area contributed by atoms with Gasteiger partial charge in [-0.05, 0) is 24.3 Å². The quantitative estimate of drug-likeness (QED) is 0.551. The van der Waals surface area contributed by atoms with Crippen molar-refractivity contribution in [3.8, 4) is 5.75 Å². The van der Waals surface area contributed by atoms with Gasteiger partial charge < -0.3 is 10.1 Å². The van der Waals surface area contributed by atoms with E-state index in [1.165, 1.54) is 12.1 Å². The van der Waals surface area contributed by atoms with E-state index in [0.717, 1.165) is 24.3 Å². The molecule has 2 aromatic carbocycles. The Kier molecular flexibility index (Phi) is 5.94. The number of amides is 1. The predicted molar refractivity (Wildman–Crippen MR) is 89.1 cm³/mol. The Morgan fingerprint density at radius 3 is 2.50 bits per heavy atom. The molecule has 0 radical (unpaired) electrons. The summed E-state index contributed by atoms with van der Waals surface area (Å²) < 4.78 is 41.6. The number of nitro benzene ring substituents is 1. The number of hydrogen-bond acceptors (Lipinski definition) is 4. The van der Waals surface area contributed by atoms with Crippen LogP contribution in [-0.2, 0) is 0 Å². The van der Waals surface area contributed by atoms with Crippen molar-refractivity contribution < 1.29 is 27.6 Å². The highest BCUT2D eigenvalue weighted by Crippen LogP contribution is 2.31. The summed E-state index contributed by atoms with van der Waals surface area (Å²) in [5, 5.41) is 13.2. The molecule has 0 atom stereocenters. The minimum absolute atomic E-state index is 0.0760. The molecule has 0 saturated carbocycles. The Labute approximate surface area is 154 Å². The van der Waals surface area contributed by atoms with Gasteiger partial charge in [-0.25, -0.2) is 0 Å². The van der Waals surface area contributed by atoms with E-state index in [-0.39, 0.29) is 32.7 Å². The molecule has 6 nitrogen and oxygen atoms in total. The number of ether oxygens (including phenoxy) is 1. The Hall–Kier alpha value is -2.52. The van der Waals surface area contributed by atoms with Gasteiger partial charge in [0.2, 0.25) is 0 Å². The molecule has 2 aromatic rings. The number of carbonyl (C=O) groups is 1. The van der Waals surface area contributed by atoms with Gasteiger partial charge in [-0.3, -0.25) is 14.9 Å². The lowest BCUT2D eigenvalue weighted by Crippen LogP contribution is -2.20. The van der Waals surface area contributed by atoms with E-state index in [4.69, 9.17) is 23.2 Å². The number of nitrogens with one attached hydrogen (secondary N) is 1. The second-order valence-electron chi connectivity index (χ2n) is 4.92. The zero-order chi connectivity index (χ0) is 19.5. The standard InChI is InChI=1S/C15H9Cl2F3N2O4/c16-8-1-4-13(26-7-15(18,19)20)12(5-8)21-14(23)10-6-9(22(24)25)2-3-11(10)17/h1-6H,7H2,(H,21,23). The van der Waals surface area contributed by atoms with Gasteiger partial charge in [-0.2, -0.15) is 13.2 Å². The number of hydrogen-bond donors (Lipinski definition) is 1. The van der Waals surface area contributed by atoms with Crippen LogP contribution >= 0.6 is 23.2 Å². The van der Waals surface area contributed by atoms with Crippen LogP contribution in [0.1, 0.15) is 10.4 Å². The first kappa shape index (κ1) is 19.8. The fourth-order valence-corrected chi connectivity index (χ4v) is 2.25. The van der Waals surface area contributed by atoms with Crippen LogP contribution < -0.4 is 10.1 Å². The first-order valence-electron chi connectivity index (χ1n) is 6.81. The lowest BCUT2D eigenvalue weighted by molar-refractivity contribution is -0.384. The molecule has 1 N–H and O–H groups in total. The SMILES string of the molecule is O=C(Nc1cc(Cl)ccc1OCC(F)(F)F)c1cc([N+](=O)[O-])ccc1Cl. The maximum absolute atomic E-state index is 12.3. The van der Waals surface area contributed by atoms with E-state index >= 15 is 0 Å². The van der Waals surface area contributed by atoms with Gasteiger partial charge in [0, 0.05) is 17.2 Å². The molecule has 138 valence electrons. The predicted octanol–water partition coefficient (Wildman–Crippen LogP) is 5.10. The van der Waals surface area contributed by atoms with Crippen LogP contribution in [0.4, 0.5) is 24.5 Å². The topological polar surface area (TPSA) is 81.5 Å². The van der Waals surface area contributed by atoms with Crippen LogP contribution in [0.15, 0.2) is 36.4 Å². The summed E-state index contributed by atoms with van der Waals surface area (Å²) >= 11 is 11.7. The van der Waals surface area contributed by atoms with Crippen LogP contribution in [0.25, 0.3) is 0 Å². The van der Waals surface area contributed by atoms with Gasteiger partial charge in [0.1, 0.15) is 5.75 Å². The summed E-state index contributed by atoms with van der Waals surface area (Å²) in [5.74, 6) is -1.15. The van der Waals surface area contributed by atoms with Crippen molar-refractivity contribution in [1.29, 1.82) is 0 Å². The first-order chi connectivity index (χ1) is 12.1. The third-order valence-corrected chi connectivity index (χ3v) is 3.55. The Morgan fingerprint density at radius 2 is 1.88 bits per heavy atom. The number of carbonyl (C=O) groups excluding carboxylic acids is 1. The van der Waals surface area contributed by atoms with Gasteiger partial charge in [-0.1, -0.05) is 23.2 Å². The molecule has 0 aliphatic heterocycles. The average molecular weight is 409 g/mol. The Balaban J connectivity index is 2.30. The van der Waals surface area contributed by atoms with Crippen LogP contribution in [0.5, 0.6) is 5.75 Å². The van der Waals surface area contributed by atoms with Crippen molar-refractivity contribution in [2.45, 2.75) is 6.18 Å². The molecule has 0 unspecified atom stereocenters. The molecule has 2 rings (SSSR count). The van der Waals surface area contributed by atoms with Crippen LogP contribution in [0.3, 0.4) is 0 Å². The van der Waals surface area contributed by atoms with E-state index in [0.29, 0.717) is 0 Å². The number of rotatable bonds is 5. The zero-order valence-corrected chi connectivity index (χ0v) is 14.2. The molecule has 0 saturated heterocycles. The lowest BCUT2D eigenvalue weighted by Gasteiger charge is -2.14. The number of benzene rings is 2. The second kappa shape index (κ2) is 7.79. The van der Waals surface area contributed by atoms with Crippen LogP contribution in [-0.4, -0.2) is 23.6 Å². The first-order valence-corrected chi connectivity index (χ1v) is 7.57. The molecular formula is C15H9Cl2F3N2O4. The van der Waals surface area contributed by atoms with Crippen LogP contribution in [0, 0.1) is 10.1 Å². The van der Waals surface area contributed by atoms with E-state index in [2.05, 4.69) is 10.1 Å². The number of halogens is 5. The molecule has 0 aromatic heterocycles. The normalized spacial score (nSPS) is 11.1. The Bertz CT molecular complexity index is 859. The molecule has 0 bridgehead atoms. The summed E-state index contributed by atoms with van der Waals surface area (Å²) in [5.41, 5.74) is -0.754. The molecule has 0 fully saturated rings. The number of anilines is 1. The molecule has 0 aliphatic carbocycles. The highest BCUT2D eigenvalue weighted by molar-refractivity contribution is 6.34. The third-order valence-electron chi connectivity index (χ3n) is 2.99. The maximum atomic E-state index is 12.3.